The van der Waals surface area contributed by atoms with Gasteiger partial charge in [0.15, 0.2) is 0 Å². The Kier molecular flexibility index (Phi) is 6.18. The van der Waals surface area contributed by atoms with E-state index in [2.05, 4.69) is 19.2 Å². The van der Waals surface area contributed by atoms with Gasteiger partial charge in [-0.15, -0.1) is 0 Å². The van der Waals surface area contributed by atoms with Crippen molar-refractivity contribution in [3.8, 4) is 5.75 Å². The molecule has 0 aliphatic carbocycles. The molecule has 0 bridgehead atoms. The van der Waals surface area contributed by atoms with Crippen molar-refractivity contribution in [1.82, 2.24) is 5.32 Å². The average molecular weight is 296 g/mol. The molecule has 1 unspecified atom stereocenters. The van der Waals surface area contributed by atoms with Gasteiger partial charge in [-0.2, -0.15) is 0 Å². The minimum Gasteiger partial charge on any atom is -0.493 e. The fraction of sp³-hybridized carbons (Fsp3) is 0.647. The lowest BCUT2D eigenvalue weighted by Gasteiger charge is -2.15. The highest BCUT2D eigenvalue weighted by Gasteiger charge is 2.17. The Balaban J connectivity index is 1.82. The summed E-state index contributed by atoms with van der Waals surface area (Å²) in [6, 6.07) is 4.60. The topological polar surface area (TPSA) is 21.3 Å². The van der Waals surface area contributed by atoms with E-state index in [1.807, 2.05) is 12.1 Å². The van der Waals surface area contributed by atoms with E-state index in [1.54, 1.807) is 0 Å². The highest BCUT2D eigenvalue weighted by molar-refractivity contribution is 6.30. The van der Waals surface area contributed by atoms with Crippen molar-refractivity contribution in [3.05, 3.63) is 28.3 Å². The van der Waals surface area contributed by atoms with E-state index in [1.165, 1.54) is 43.2 Å². The summed E-state index contributed by atoms with van der Waals surface area (Å²) >= 11 is 6.18. The van der Waals surface area contributed by atoms with E-state index in [9.17, 15) is 0 Å². The van der Waals surface area contributed by atoms with Crippen LogP contribution in [0.1, 0.15) is 57.1 Å². The molecule has 0 amide bonds. The Morgan fingerprint density at radius 3 is 2.95 bits per heavy atom. The van der Waals surface area contributed by atoms with E-state index < -0.39 is 0 Å². The first-order valence-electron chi connectivity index (χ1n) is 7.88. The van der Waals surface area contributed by atoms with Crippen molar-refractivity contribution >= 4 is 11.6 Å². The molecule has 2 nitrogen and oxygen atoms in total. The number of halogens is 1. The van der Waals surface area contributed by atoms with Gasteiger partial charge in [0.1, 0.15) is 5.75 Å². The molecule has 0 radical (unpaired) electrons. The normalized spacial score (nSPS) is 14.9. The summed E-state index contributed by atoms with van der Waals surface area (Å²) < 4.78 is 5.73. The van der Waals surface area contributed by atoms with Crippen LogP contribution in [0, 0.1) is 0 Å². The van der Waals surface area contributed by atoms with Gasteiger partial charge in [-0.3, -0.25) is 0 Å². The van der Waals surface area contributed by atoms with Gasteiger partial charge in [0.05, 0.1) is 6.61 Å². The lowest BCUT2D eigenvalue weighted by atomic mass is 10.1. The van der Waals surface area contributed by atoms with Gasteiger partial charge in [0, 0.05) is 29.6 Å². The summed E-state index contributed by atoms with van der Waals surface area (Å²) in [6.07, 6.45) is 7.53. The second kappa shape index (κ2) is 7.90. The lowest BCUT2D eigenvalue weighted by molar-refractivity contribution is 0.351. The van der Waals surface area contributed by atoms with Crippen LogP contribution in [0.5, 0.6) is 5.75 Å². The second-order valence-corrected chi connectivity index (χ2v) is 6.22. The van der Waals surface area contributed by atoms with Crippen molar-refractivity contribution in [3.63, 3.8) is 0 Å². The van der Waals surface area contributed by atoms with Crippen molar-refractivity contribution in [1.29, 1.82) is 0 Å². The van der Waals surface area contributed by atoms with Crippen molar-refractivity contribution in [2.45, 2.75) is 65.0 Å². The van der Waals surface area contributed by atoms with Crippen LogP contribution in [0.4, 0.5) is 0 Å². The van der Waals surface area contributed by atoms with Crippen LogP contribution in [0.25, 0.3) is 0 Å². The summed E-state index contributed by atoms with van der Waals surface area (Å²) in [5, 5.41) is 4.42. The number of ether oxygens (including phenoxy) is 1. The molecule has 1 aliphatic heterocycles. The van der Waals surface area contributed by atoms with Crippen LogP contribution >= 0.6 is 11.6 Å². The van der Waals surface area contributed by atoms with Crippen LogP contribution in [-0.4, -0.2) is 12.6 Å². The molecule has 0 spiro atoms. The molecule has 1 heterocycles. The van der Waals surface area contributed by atoms with E-state index >= 15 is 0 Å². The summed E-state index contributed by atoms with van der Waals surface area (Å²) in [6.45, 7) is 6.14. The maximum atomic E-state index is 6.18. The standard InChI is InChI=1S/C17H26ClNO/c1-3-4-5-6-7-13(2)19-12-15-11-16(18)10-14-8-9-20-17(14)15/h10-11,13,19H,3-9,12H2,1-2H3. The lowest BCUT2D eigenvalue weighted by Crippen LogP contribution is -2.25. The molecule has 1 aromatic rings. The second-order valence-electron chi connectivity index (χ2n) is 5.78. The summed E-state index contributed by atoms with van der Waals surface area (Å²) in [7, 11) is 0. The van der Waals surface area contributed by atoms with Crippen LogP contribution in [0.2, 0.25) is 5.02 Å². The number of hydrogen-bond acceptors (Lipinski definition) is 2. The number of hydrogen-bond donors (Lipinski definition) is 1. The molecular formula is C17H26ClNO. The zero-order chi connectivity index (χ0) is 14.4. The first kappa shape index (κ1) is 15.7. The molecule has 0 saturated carbocycles. The Bertz CT molecular complexity index is 433. The number of nitrogens with one attached hydrogen (secondary N) is 1. The van der Waals surface area contributed by atoms with Crippen LogP contribution < -0.4 is 10.1 Å². The van der Waals surface area contributed by atoms with Crippen LogP contribution in [0.3, 0.4) is 0 Å². The van der Waals surface area contributed by atoms with E-state index in [0.29, 0.717) is 6.04 Å². The molecule has 0 fully saturated rings. The molecule has 112 valence electrons. The third kappa shape index (κ3) is 4.39. The van der Waals surface area contributed by atoms with Crippen LogP contribution in [0.15, 0.2) is 12.1 Å². The highest BCUT2D eigenvalue weighted by Crippen LogP contribution is 2.32. The molecule has 0 aromatic heterocycles. The zero-order valence-corrected chi connectivity index (χ0v) is 13.4. The minimum absolute atomic E-state index is 0.544. The molecule has 1 aromatic carbocycles. The van der Waals surface area contributed by atoms with E-state index in [0.717, 1.165) is 30.3 Å². The summed E-state index contributed by atoms with van der Waals surface area (Å²) in [5.41, 5.74) is 2.45. The molecule has 20 heavy (non-hydrogen) atoms. The van der Waals surface area contributed by atoms with Gasteiger partial charge in [0.25, 0.3) is 0 Å². The Hall–Kier alpha value is -0.730. The first-order valence-corrected chi connectivity index (χ1v) is 8.26. The van der Waals surface area contributed by atoms with Gasteiger partial charge in [-0.1, -0.05) is 44.2 Å². The molecular weight excluding hydrogens is 270 g/mol. The number of fused-ring (bicyclic) bond motifs is 1. The number of benzene rings is 1. The molecule has 1 atom stereocenters. The van der Waals surface area contributed by atoms with E-state index in [-0.39, 0.29) is 0 Å². The molecule has 3 heteroatoms. The average Bonchev–Trinajstić information content (AvgIpc) is 2.89. The first-order chi connectivity index (χ1) is 9.70. The molecule has 0 saturated heterocycles. The zero-order valence-electron chi connectivity index (χ0n) is 12.7. The Labute approximate surface area is 127 Å². The van der Waals surface area contributed by atoms with Gasteiger partial charge >= 0.3 is 0 Å². The van der Waals surface area contributed by atoms with E-state index in [4.69, 9.17) is 16.3 Å². The molecule has 1 aliphatic rings. The van der Waals surface area contributed by atoms with Crippen molar-refractivity contribution in [2.75, 3.05) is 6.61 Å². The fourth-order valence-corrected chi connectivity index (χ4v) is 3.00. The predicted molar refractivity (Wildman–Crippen MR) is 85.7 cm³/mol. The molecule has 1 N–H and O–H groups in total. The van der Waals surface area contributed by atoms with Crippen molar-refractivity contribution in [2.24, 2.45) is 0 Å². The summed E-state index contributed by atoms with van der Waals surface area (Å²) in [5.74, 6) is 1.06. The van der Waals surface area contributed by atoms with Crippen molar-refractivity contribution < 1.29 is 4.74 Å². The fourth-order valence-electron chi connectivity index (χ4n) is 2.74. The SMILES string of the molecule is CCCCCCC(C)NCc1cc(Cl)cc2c1OCC2. The monoisotopic (exact) mass is 295 g/mol. The highest BCUT2D eigenvalue weighted by atomic mass is 35.5. The Morgan fingerprint density at radius 1 is 1.30 bits per heavy atom. The van der Waals surface area contributed by atoms with Gasteiger partial charge < -0.3 is 10.1 Å². The third-order valence-corrected chi connectivity index (χ3v) is 4.18. The smallest absolute Gasteiger partial charge is 0.127 e. The van der Waals surface area contributed by atoms with Gasteiger partial charge in [0.2, 0.25) is 0 Å². The maximum Gasteiger partial charge on any atom is 0.127 e. The van der Waals surface area contributed by atoms with Gasteiger partial charge in [-0.25, -0.2) is 0 Å². The largest absolute Gasteiger partial charge is 0.493 e. The minimum atomic E-state index is 0.544. The summed E-state index contributed by atoms with van der Waals surface area (Å²) in [4.78, 5) is 0. The molecule has 2 rings (SSSR count). The predicted octanol–water partition coefficient (Wildman–Crippen LogP) is 4.72. The number of rotatable bonds is 8. The third-order valence-electron chi connectivity index (χ3n) is 3.96. The van der Waals surface area contributed by atoms with Gasteiger partial charge in [-0.05, 0) is 31.0 Å². The number of unbranched alkanes of at least 4 members (excludes halogenated alkanes) is 3. The quantitative estimate of drug-likeness (QED) is 0.701. The maximum absolute atomic E-state index is 6.18. The van der Waals surface area contributed by atoms with Crippen LogP contribution in [-0.2, 0) is 13.0 Å². The Morgan fingerprint density at radius 2 is 2.15 bits per heavy atom.